The van der Waals surface area contributed by atoms with Crippen LogP contribution in [-0.2, 0) is 6.18 Å². The van der Waals surface area contributed by atoms with Gasteiger partial charge in [-0.25, -0.2) is 4.98 Å². The molecule has 0 radical (unpaired) electrons. The molecule has 2 N–H and O–H groups in total. The number of nitrogens with two attached hydrogens (primary N) is 1. The molecule has 2 aromatic rings. The van der Waals surface area contributed by atoms with Gasteiger partial charge in [0, 0.05) is 6.04 Å². The number of hydrogen-bond donors (Lipinski definition) is 1. The summed E-state index contributed by atoms with van der Waals surface area (Å²) in [5.74, 6) is 0.859. The van der Waals surface area contributed by atoms with Gasteiger partial charge in [0.1, 0.15) is 0 Å². The number of benzene rings is 1. The van der Waals surface area contributed by atoms with Crippen LogP contribution in [0.4, 0.5) is 19.1 Å². The quantitative estimate of drug-likeness (QED) is 0.905. The predicted molar refractivity (Wildman–Crippen MR) is 66.6 cm³/mol. The summed E-state index contributed by atoms with van der Waals surface area (Å²) in [6, 6.07) is 3.90. The Morgan fingerprint density at radius 3 is 2.74 bits per heavy atom. The van der Waals surface area contributed by atoms with Crippen molar-refractivity contribution in [3.05, 3.63) is 23.8 Å². The Morgan fingerprint density at radius 1 is 1.42 bits per heavy atom. The van der Waals surface area contributed by atoms with Crippen LogP contribution in [-0.4, -0.2) is 9.55 Å². The van der Waals surface area contributed by atoms with E-state index in [1.807, 2.05) is 4.57 Å². The van der Waals surface area contributed by atoms with E-state index in [2.05, 4.69) is 11.9 Å². The smallest absolute Gasteiger partial charge is 0.369 e. The third-order valence-electron chi connectivity index (χ3n) is 3.79. The van der Waals surface area contributed by atoms with Gasteiger partial charge < -0.3 is 10.3 Å². The van der Waals surface area contributed by atoms with Gasteiger partial charge in [-0.05, 0) is 30.5 Å². The van der Waals surface area contributed by atoms with Crippen LogP contribution in [0.1, 0.15) is 31.4 Å². The van der Waals surface area contributed by atoms with Gasteiger partial charge in [0.15, 0.2) is 0 Å². The van der Waals surface area contributed by atoms with E-state index in [1.54, 1.807) is 0 Å². The molecule has 1 saturated carbocycles. The second-order valence-electron chi connectivity index (χ2n) is 5.01. The van der Waals surface area contributed by atoms with Gasteiger partial charge in [-0.2, -0.15) is 13.2 Å². The molecule has 1 aromatic carbocycles. The molecule has 1 aliphatic carbocycles. The van der Waals surface area contributed by atoms with Crippen molar-refractivity contribution < 1.29 is 13.2 Å². The number of nitrogen functional groups attached to an aromatic ring is 1. The number of imidazole rings is 1. The van der Waals surface area contributed by atoms with Gasteiger partial charge in [-0.1, -0.05) is 13.3 Å². The zero-order chi connectivity index (χ0) is 13.8. The van der Waals surface area contributed by atoms with Crippen molar-refractivity contribution >= 4 is 17.0 Å². The van der Waals surface area contributed by atoms with Crippen LogP contribution in [0.15, 0.2) is 18.2 Å². The SMILES string of the molecule is CCC1CC1n1c(N)nc2cc(C(F)(F)F)ccc21. The Kier molecular flexibility index (Phi) is 2.52. The molecule has 6 heteroatoms. The highest BCUT2D eigenvalue weighted by Crippen LogP contribution is 2.48. The van der Waals surface area contributed by atoms with Crippen LogP contribution < -0.4 is 5.73 Å². The lowest BCUT2D eigenvalue weighted by atomic mass is 10.2. The van der Waals surface area contributed by atoms with E-state index in [-0.39, 0.29) is 6.04 Å². The van der Waals surface area contributed by atoms with Crippen molar-refractivity contribution in [3.63, 3.8) is 0 Å². The largest absolute Gasteiger partial charge is 0.416 e. The van der Waals surface area contributed by atoms with Gasteiger partial charge in [-0.3, -0.25) is 0 Å². The average molecular weight is 269 g/mol. The zero-order valence-corrected chi connectivity index (χ0v) is 10.4. The van der Waals surface area contributed by atoms with Gasteiger partial charge in [0.2, 0.25) is 5.95 Å². The molecule has 1 fully saturated rings. The summed E-state index contributed by atoms with van der Waals surface area (Å²) in [5.41, 5.74) is 6.15. The maximum Gasteiger partial charge on any atom is 0.416 e. The molecule has 0 amide bonds. The van der Waals surface area contributed by atoms with E-state index < -0.39 is 11.7 Å². The summed E-state index contributed by atoms with van der Waals surface area (Å²) in [6.07, 6.45) is -2.28. The molecule has 102 valence electrons. The van der Waals surface area contributed by atoms with Crippen LogP contribution >= 0.6 is 0 Å². The number of rotatable bonds is 2. The number of anilines is 1. The summed E-state index contributed by atoms with van der Waals surface area (Å²) in [4.78, 5) is 4.06. The Hall–Kier alpha value is -1.72. The fourth-order valence-corrected chi connectivity index (χ4v) is 2.63. The number of fused-ring (bicyclic) bond motifs is 1. The van der Waals surface area contributed by atoms with E-state index in [9.17, 15) is 13.2 Å². The second kappa shape index (κ2) is 3.88. The van der Waals surface area contributed by atoms with Crippen LogP contribution in [0.25, 0.3) is 11.0 Å². The third-order valence-corrected chi connectivity index (χ3v) is 3.79. The van der Waals surface area contributed by atoms with Crippen molar-refractivity contribution in [2.24, 2.45) is 5.92 Å². The van der Waals surface area contributed by atoms with Gasteiger partial charge in [-0.15, -0.1) is 0 Å². The molecule has 1 heterocycles. The van der Waals surface area contributed by atoms with Crippen molar-refractivity contribution in [2.75, 3.05) is 5.73 Å². The Bertz CT molecular complexity index is 630. The molecular weight excluding hydrogens is 255 g/mol. The van der Waals surface area contributed by atoms with Gasteiger partial charge >= 0.3 is 6.18 Å². The maximum absolute atomic E-state index is 12.6. The minimum absolute atomic E-state index is 0.284. The first kappa shape index (κ1) is 12.3. The molecule has 19 heavy (non-hydrogen) atoms. The maximum atomic E-state index is 12.6. The lowest BCUT2D eigenvalue weighted by Gasteiger charge is -2.07. The molecule has 0 spiro atoms. The molecule has 0 bridgehead atoms. The summed E-state index contributed by atoms with van der Waals surface area (Å²) < 4.78 is 39.8. The first-order valence-corrected chi connectivity index (χ1v) is 6.26. The van der Waals surface area contributed by atoms with Crippen LogP contribution in [0.2, 0.25) is 0 Å². The molecule has 2 atom stereocenters. The molecule has 2 unspecified atom stereocenters. The summed E-state index contributed by atoms with van der Waals surface area (Å²) >= 11 is 0. The fourth-order valence-electron chi connectivity index (χ4n) is 2.63. The molecule has 3 nitrogen and oxygen atoms in total. The molecule has 0 saturated heterocycles. The van der Waals surface area contributed by atoms with Gasteiger partial charge in [0.05, 0.1) is 16.6 Å². The summed E-state index contributed by atoms with van der Waals surface area (Å²) in [6.45, 7) is 2.10. The molecule has 3 rings (SSSR count). The first-order valence-electron chi connectivity index (χ1n) is 6.26. The Morgan fingerprint density at radius 2 is 2.16 bits per heavy atom. The number of alkyl halides is 3. The number of aromatic nitrogens is 2. The van der Waals surface area contributed by atoms with Crippen molar-refractivity contribution in [2.45, 2.75) is 32.0 Å². The second-order valence-corrected chi connectivity index (χ2v) is 5.01. The Balaban J connectivity index is 2.08. The normalized spacial score (nSPS) is 22.9. The fraction of sp³-hybridized carbons (Fsp3) is 0.462. The highest BCUT2D eigenvalue weighted by molar-refractivity contribution is 5.79. The number of halogens is 3. The zero-order valence-electron chi connectivity index (χ0n) is 10.4. The van der Waals surface area contributed by atoms with Crippen molar-refractivity contribution in [1.82, 2.24) is 9.55 Å². The minimum Gasteiger partial charge on any atom is -0.369 e. The summed E-state index contributed by atoms with van der Waals surface area (Å²) in [5, 5.41) is 0. The monoisotopic (exact) mass is 269 g/mol. The van der Waals surface area contributed by atoms with E-state index in [4.69, 9.17) is 5.73 Å². The highest BCUT2D eigenvalue weighted by atomic mass is 19.4. The average Bonchev–Trinajstić information content (AvgIpc) is 3.02. The molecular formula is C13H14F3N3. The van der Waals surface area contributed by atoms with E-state index in [1.165, 1.54) is 6.07 Å². The minimum atomic E-state index is -4.35. The highest BCUT2D eigenvalue weighted by Gasteiger charge is 2.39. The first-order chi connectivity index (χ1) is 8.91. The lowest BCUT2D eigenvalue weighted by molar-refractivity contribution is -0.137. The van der Waals surface area contributed by atoms with Gasteiger partial charge in [0.25, 0.3) is 0 Å². The molecule has 1 aromatic heterocycles. The standard InChI is InChI=1S/C13H14F3N3/c1-2-7-5-11(7)19-10-4-3-8(13(14,15)16)6-9(10)18-12(19)17/h3-4,6-7,11H,2,5H2,1H3,(H2,17,18). The van der Waals surface area contributed by atoms with Crippen LogP contribution in [0, 0.1) is 5.92 Å². The molecule has 0 aliphatic heterocycles. The lowest BCUT2D eigenvalue weighted by Crippen LogP contribution is -2.05. The predicted octanol–water partition coefficient (Wildman–Crippen LogP) is 3.61. The van der Waals surface area contributed by atoms with E-state index >= 15 is 0 Å². The van der Waals surface area contributed by atoms with Crippen molar-refractivity contribution in [3.8, 4) is 0 Å². The third kappa shape index (κ3) is 1.95. The van der Waals surface area contributed by atoms with Crippen LogP contribution in [0.3, 0.4) is 0 Å². The number of nitrogens with zero attached hydrogens (tertiary/aromatic N) is 2. The van der Waals surface area contributed by atoms with Crippen LogP contribution in [0.5, 0.6) is 0 Å². The van der Waals surface area contributed by atoms with E-state index in [0.717, 1.165) is 25.0 Å². The Labute approximate surface area is 108 Å². The van der Waals surface area contributed by atoms with Crippen molar-refractivity contribution in [1.29, 1.82) is 0 Å². The topological polar surface area (TPSA) is 43.8 Å². The summed E-state index contributed by atoms with van der Waals surface area (Å²) in [7, 11) is 0. The molecule has 1 aliphatic rings. The van der Waals surface area contributed by atoms with E-state index in [0.29, 0.717) is 22.9 Å². The number of hydrogen-bond acceptors (Lipinski definition) is 2.